The van der Waals surface area contributed by atoms with Gasteiger partial charge in [0.05, 0.1) is 23.4 Å². The maximum absolute atomic E-state index is 11.1. The summed E-state index contributed by atoms with van der Waals surface area (Å²) in [5.41, 5.74) is 0.316. The van der Waals surface area contributed by atoms with Crippen LogP contribution in [0.2, 0.25) is 10.0 Å². The van der Waals surface area contributed by atoms with Crippen molar-refractivity contribution < 1.29 is 15.0 Å². The van der Waals surface area contributed by atoms with Gasteiger partial charge in [0.25, 0.3) is 0 Å². The average Bonchev–Trinajstić information content (AvgIpc) is 2.26. The lowest BCUT2D eigenvalue weighted by Crippen LogP contribution is -2.36. The van der Waals surface area contributed by atoms with Gasteiger partial charge in [0, 0.05) is 5.02 Å². The SMILES string of the molecule is CCC(O)CN(C(=O)O)c1ccc(Cl)cc1Cl. The summed E-state index contributed by atoms with van der Waals surface area (Å²) < 4.78 is 0. The summed E-state index contributed by atoms with van der Waals surface area (Å²) in [5, 5.41) is 19.3. The van der Waals surface area contributed by atoms with Crippen LogP contribution in [-0.4, -0.2) is 29.0 Å². The fourth-order valence-corrected chi connectivity index (χ4v) is 1.83. The molecule has 0 bridgehead atoms. The number of benzene rings is 1. The molecule has 17 heavy (non-hydrogen) atoms. The first-order chi connectivity index (χ1) is 7.95. The van der Waals surface area contributed by atoms with Crippen molar-refractivity contribution in [1.29, 1.82) is 0 Å². The van der Waals surface area contributed by atoms with Crippen molar-refractivity contribution in [1.82, 2.24) is 0 Å². The van der Waals surface area contributed by atoms with Crippen molar-refractivity contribution in [3.63, 3.8) is 0 Å². The average molecular weight is 278 g/mol. The van der Waals surface area contributed by atoms with E-state index in [1.165, 1.54) is 12.1 Å². The molecule has 2 N–H and O–H groups in total. The summed E-state index contributed by atoms with van der Waals surface area (Å²) in [6.07, 6.45) is -1.42. The Morgan fingerprint density at radius 1 is 1.47 bits per heavy atom. The highest BCUT2D eigenvalue weighted by Gasteiger charge is 2.20. The maximum atomic E-state index is 11.1. The van der Waals surface area contributed by atoms with Gasteiger partial charge in [-0.2, -0.15) is 0 Å². The summed E-state index contributed by atoms with van der Waals surface area (Å²) in [6.45, 7) is 1.75. The van der Waals surface area contributed by atoms with Crippen LogP contribution in [0.1, 0.15) is 13.3 Å². The molecule has 0 spiro atoms. The van der Waals surface area contributed by atoms with Gasteiger partial charge >= 0.3 is 6.09 Å². The van der Waals surface area contributed by atoms with Crippen LogP contribution in [0.4, 0.5) is 10.5 Å². The Balaban J connectivity index is 3.01. The Labute approximate surface area is 109 Å². The van der Waals surface area contributed by atoms with Gasteiger partial charge in [-0.25, -0.2) is 4.79 Å². The molecule has 0 radical (unpaired) electrons. The van der Waals surface area contributed by atoms with Crippen LogP contribution in [0.3, 0.4) is 0 Å². The van der Waals surface area contributed by atoms with Gasteiger partial charge in [0.1, 0.15) is 0 Å². The minimum Gasteiger partial charge on any atom is -0.465 e. The van der Waals surface area contributed by atoms with Crippen molar-refractivity contribution in [2.45, 2.75) is 19.4 Å². The minimum atomic E-state index is -1.17. The van der Waals surface area contributed by atoms with Gasteiger partial charge in [-0.1, -0.05) is 30.1 Å². The van der Waals surface area contributed by atoms with Gasteiger partial charge in [0.2, 0.25) is 0 Å². The summed E-state index contributed by atoms with van der Waals surface area (Å²) in [6, 6.07) is 4.53. The number of carbonyl (C=O) groups is 1. The third-order valence-corrected chi connectivity index (χ3v) is 2.83. The topological polar surface area (TPSA) is 60.8 Å². The molecule has 1 aromatic rings. The first-order valence-corrected chi connectivity index (χ1v) is 5.84. The number of rotatable bonds is 4. The second-order valence-electron chi connectivity index (χ2n) is 3.55. The number of aliphatic hydroxyl groups excluding tert-OH is 1. The van der Waals surface area contributed by atoms with Gasteiger partial charge in [-0.15, -0.1) is 0 Å². The zero-order valence-electron chi connectivity index (χ0n) is 9.23. The number of halogens is 2. The molecule has 0 aliphatic rings. The molecule has 0 aliphatic carbocycles. The number of carboxylic acid groups (broad SMARTS) is 1. The molecule has 1 unspecified atom stereocenters. The summed E-state index contributed by atoms with van der Waals surface area (Å²) in [7, 11) is 0. The Kier molecular flexibility index (Phi) is 5.05. The molecule has 4 nitrogen and oxygen atoms in total. The molecule has 0 saturated heterocycles. The molecule has 0 aromatic heterocycles. The lowest BCUT2D eigenvalue weighted by atomic mass is 10.2. The highest BCUT2D eigenvalue weighted by molar-refractivity contribution is 6.36. The smallest absolute Gasteiger partial charge is 0.411 e. The second-order valence-corrected chi connectivity index (χ2v) is 4.39. The third kappa shape index (κ3) is 3.77. The maximum Gasteiger partial charge on any atom is 0.411 e. The first-order valence-electron chi connectivity index (χ1n) is 5.09. The molecule has 0 aliphatic heterocycles. The van der Waals surface area contributed by atoms with E-state index in [-0.39, 0.29) is 11.6 Å². The highest BCUT2D eigenvalue weighted by atomic mass is 35.5. The van der Waals surface area contributed by atoms with Gasteiger partial charge in [-0.3, -0.25) is 4.90 Å². The fraction of sp³-hybridized carbons (Fsp3) is 0.364. The molecular weight excluding hydrogens is 265 g/mol. The van der Waals surface area contributed by atoms with Gasteiger partial charge < -0.3 is 10.2 Å². The Hall–Kier alpha value is -0.970. The number of amides is 1. The van der Waals surface area contributed by atoms with E-state index in [0.717, 1.165) is 4.90 Å². The molecular formula is C11H13Cl2NO3. The van der Waals surface area contributed by atoms with Crippen LogP contribution in [0.25, 0.3) is 0 Å². The Bertz CT molecular complexity index is 412. The van der Waals surface area contributed by atoms with Gasteiger partial charge in [-0.05, 0) is 24.6 Å². The third-order valence-electron chi connectivity index (χ3n) is 2.30. The van der Waals surface area contributed by atoms with Crippen molar-refractivity contribution in [3.05, 3.63) is 28.2 Å². The molecule has 1 aromatic carbocycles. The lowest BCUT2D eigenvalue weighted by Gasteiger charge is -2.22. The van der Waals surface area contributed by atoms with Crippen LogP contribution < -0.4 is 4.90 Å². The Morgan fingerprint density at radius 2 is 2.12 bits per heavy atom. The monoisotopic (exact) mass is 277 g/mol. The van der Waals surface area contributed by atoms with Crippen molar-refractivity contribution in [2.75, 3.05) is 11.4 Å². The predicted molar refractivity (Wildman–Crippen MR) is 68.1 cm³/mol. The highest BCUT2D eigenvalue weighted by Crippen LogP contribution is 2.29. The molecule has 1 atom stereocenters. The van der Waals surface area contributed by atoms with E-state index in [4.69, 9.17) is 28.3 Å². The number of nitrogens with zero attached hydrogens (tertiary/aromatic N) is 1. The molecule has 0 fully saturated rings. The van der Waals surface area contributed by atoms with Crippen LogP contribution in [0, 0.1) is 0 Å². The molecule has 6 heteroatoms. The molecule has 0 heterocycles. The van der Waals surface area contributed by atoms with E-state index in [2.05, 4.69) is 0 Å². The number of aliphatic hydroxyl groups is 1. The normalized spacial score (nSPS) is 12.2. The van der Waals surface area contributed by atoms with E-state index >= 15 is 0 Å². The zero-order valence-corrected chi connectivity index (χ0v) is 10.7. The summed E-state index contributed by atoms with van der Waals surface area (Å²) in [5.74, 6) is 0. The van der Waals surface area contributed by atoms with Crippen LogP contribution in [-0.2, 0) is 0 Å². The Morgan fingerprint density at radius 3 is 2.59 bits per heavy atom. The van der Waals surface area contributed by atoms with E-state index in [1.807, 2.05) is 0 Å². The molecule has 0 saturated carbocycles. The predicted octanol–water partition coefficient (Wildman–Crippen LogP) is 3.25. The summed E-state index contributed by atoms with van der Waals surface area (Å²) in [4.78, 5) is 12.1. The summed E-state index contributed by atoms with van der Waals surface area (Å²) >= 11 is 11.7. The van der Waals surface area contributed by atoms with E-state index in [0.29, 0.717) is 17.1 Å². The van der Waals surface area contributed by atoms with Crippen LogP contribution >= 0.6 is 23.2 Å². The molecule has 94 valence electrons. The van der Waals surface area contributed by atoms with Crippen LogP contribution in [0.15, 0.2) is 18.2 Å². The van der Waals surface area contributed by atoms with Gasteiger partial charge in [0.15, 0.2) is 0 Å². The number of hydrogen-bond acceptors (Lipinski definition) is 2. The lowest BCUT2D eigenvalue weighted by molar-refractivity contribution is 0.165. The second kappa shape index (κ2) is 6.10. The van der Waals surface area contributed by atoms with Crippen LogP contribution in [0.5, 0.6) is 0 Å². The number of anilines is 1. The van der Waals surface area contributed by atoms with E-state index in [1.54, 1.807) is 13.0 Å². The van der Waals surface area contributed by atoms with Crippen molar-refractivity contribution in [2.24, 2.45) is 0 Å². The van der Waals surface area contributed by atoms with Crippen molar-refractivity contribution >= 4 is 35.0 Å². The van der Waals surface area contributed by atoms with Crippen molar-refractivity contribution in [3.8, 4) is 0 Å². The molecule has 1 amide bonds. The number of hydrogen-bond donors (Lipinski definition) is 2. The fourth-order valence-electron chi connectivity index (χ4n) is 1.32. The first kappa shape index (κ1) is 14.1. The van der Waals surface area contributed by atoms with E-state index < -0.39 is 12.2 Å². The largest absolute Gasteiger partial charge is 0.465 e. The van der Waals surface area contributed by atoms with E-state index in [9.17, 15) is 9.90 Å². The minimum absolute atomic E-state index is 0.0206. The quantitative estimate of drug-likeness (QED) is 0.888. The molecule has 1 rings (SSSR count). The standard InChI is InChI=1S/C11H13Cl2NO3/c1-2-8(15)6-14(11(16)17)10-4-3-7(12)5-9(10)13/h3-5,8,15H,2,6H2,1H3,(H,16,17). The zero-order chi connectivity index (χ0) is 13.0.